The Labute approximate surface area is 138 Å². The zero-order valence-corrected chi connectivity index (χ0v) is 13.5. The van der Waals surface area contributed by atoms with E-state index in [0.29, 0.717) is 28.1 Å². The summed E-state index contributed by atoms with van der Waals surface area (Å²) >= 11 is 0. The van der Waals surface area contributed by atoms with Crippen LogP contribution in [-0.2, 0) is 0 Å². The topological polar surface area (TPSA) is 60.7 Å². The molecule has 0 spiro atoms. The molecule has 2 aromatic carbocycles. The molecule has 0 radical (unpaired) electrons. The molecule has 0 atom stereocenters. The van der Waals surface area contributed by atoms with Crippen LogP contribution in [0.1, 0.15) is 16.1 Å². The molecule has 0 saturated carbocycles. The van der Waals surface area contributed by atoms with E-state index in [1.807, 2.05) is 0 Å². The van der Waals surface area contributed by atoms with Crippen LogP contribution in [0.5, 0.6) is 11.5 Å². The number of para-hydroxylation sites is 1. The number of nitrogens with one attached hydrogen (secondary N) is 1. The number of hydrogen-bond donors (Lipinski definition) is 1. The minimum atomic E-state index is -0.506. The Morgan fingerprint density at radius 2 is 1.96 bits per heavy atom. The second kappa shape index (κ2) is 6.23. The molecule has 124 valence electrons. The number of carbonyl (C=O) groups is 1. The molecular weight excluding hydrogens is 313 g/mol. The fourth-order valence-corrected chi connectivity index (χ4v) is 2.52. The first-order valence-corrected chi connectivity index (χ1v) is 7.26. The van der Waals surface area contributed by atoms with Crippen molar-refractivity contribution in [1.29, 1.82) is 0 Å². The number of fused-ring (bicyclic) bond motifs is 1. The third-order valence-corrected chi connectivity index (χ3v) is 3.78. The van der Waals surface area contributed by atoms with Crippen molar-refractivity contribution in [3.63, 3.8) is 0 Å². The Kier molecular flexibility index (Phi) is 4.12. The van der Waals surface area contributed by atoms with E-state index in [1.54, 1.807) is 37.3 Å². The van der Waals surface area contributed by atoms with Crippen LogP contribution >= 0.6 is 0 Å². The summed E-state index contributed by atoms with van der Waals surface area (Å²) < 4.78 is 29.6. The fourth-order valence-electron chi connectivity index (χ4n) is 2.52. The van der Waals surface area contributed by atoms with Gasteiger partial charge in [0.05, 0.1) is 19.9 Å². The smallest absolute Gasteiger partial charge is 0.291 e. The second-order valence-electron chi connectivity index (χ2n) is 5.19. The van der Waals surface area contributed by atoms with Crippen LogP contribution in [0.4, 0.5) is 10.1 Å². The summed E-state index contributed by atoms with van der Waals surface area (Å²) in [6.07, 6.45) is 0. The van der Waals surface area contributed by atoms with Crippen molar-refractivity contribution in [2.75, 3.05) is 19.5 Å². The zero-order chi connectivity index (χ0) is 17.3. The van der Waals surface area contributed by atoms with Gasteiger partial charge in [0.1, 0.15) is 11.5 Å². The van der Waals surface area contributed by atoms with E-state index < -0.39 is 11.7 Å². The molecule has 3 aromatic rings. The summed E-state index contributed by atoms with van der Waals surface area (Å²) in [4.78, 5) is 12.6. The molecule has 0 bridgehead atoms. The number of hydrogen-bond acceptors (Lipinski definition) is 4. The highest BCUT2D eigenvalue weighted by molar-refractivity contribution is 6.07. The highest BCUT2D eigenvalue weighted by Gasteiger charge is 2.20. The Balaban J connectivity index is 1.99. The first kappa shape index (κ1) is 15.9. The Morgan fingerprint density at radius 1 is 1.17 bits per heavy atom. The Hall–Kier alpha value is -3.02. The van der Waals surface area contributed by atoms with Gasteiger partial charge in [0.2, 0.25) is 0 Å². The summed E-state index contributed by atoms with van der Waals surface area (Å²) in [7, 11) is 3.03. The predicted molar refractivity (Wildman–Crippen MR) is 88.4 cm³/mol. The summed E-state index contributed by atoms with van der Waals surface area (Å²) in [5.74, 6) is 0.103. The molecule has 0 unspecified atom stereocenters. The van der Waals surface area contributed by atoms with Gasteiger partial charge in [0, 0.05) is 17.0 Å². The lowest BCUT2D eigenvalue weighted by Gasteiger charge is -2.11. The Bertz CT molecular complexity index is 917. The molecule has 1 heterocycles. The number of amides is 1. The molecule has 1 N–H and O–H groups in total. The highest BCUT2D eigenvalue weighted by atomic mass is 19.1. The van der Waals surface area contributed by atoms with Crippen molar-refractivity contribution in [2.45, 2.75) is 6.92 Å². The van der Waals surface area contributed by atoms with Crippen LogP contribution in [-0.4, -0.2) is 20.1 Å². The second-order valence-corrected chi connectivity index (χ2v) is 5.19. The number of methoxy groups -OCH3 is 2. The maximum Gasteiger partial charge on any atom is 0.291 e. The quantitative estimate of drug-likeness (QED) is 0.781. The number of benzene rings is 2. The fraction of sp³-hybridized carbons (Fsp3) is 0.167. The number of aryl methyl sites for hydroxylation is 1. The minimum absolute atomic E-state index is 0.0555. The first-order valence-electron chi connectivity index (χ1n) is 7.26. The number of furan rings is 1. The molecule has 3 rings (SSSR count). The van der Waals surface area contributed by atoms with E-state index in [1.165, 1.54) is 20.3 Å². The minimum Gasteiger partial charge on any atom is -0.497 e. The van der Waals surface area contributed by atoms with Crippen LogP contribution in [0.3, 0.4) is 0 Å². The SMILES string of the molecule is COc1ccc(OC)c(NC(=O)c2oc3c(F)cccc3c2C)c1. The third-order valence-electron chi connectivity index (χ3n) is 3.78. The lowest BCUT2D eigenvalue weighted by atomic mass is 10.1. The van der Waals surface area contributed by atoms with Crippen LogP contribution in [0.25, 0.3) is 11.0 Å². The number of anilines is 1. The van der Waals surface area contributed by atoms with Crippen molar-refractivity contribution in [3.05, 3.63) is 53.5 Å². The van der Waals surface area contributed by atoms with Crippen molar-refractivity contribution in [3.8, 4) is 11.5 Å². The van der Waals surface area contributed by atoms with Crippen LogP contribution in [0.2, 0.25) is 0 Å². The molecule has 0 saturated heterocycles. The molecule has 0 aliphatic heterocycles. The van der Waals surface area contributed by atoms with E-state index in [2.05, 4.69) is 5.32 Å². The molecule has 0 aliphatic rings. The lowest BCUT2D eigenvalue weighted by molar-refractivity contribution is 0.0997. The molecule has 0 aliphatic carbocycles. The van der Waals surface area contributed by atoms with Crippen molar-refractivity contribution >= 4 is 22.6 Å². The lowest BCUT2D eigenvalue weighted by Crippen LogP contribution is -2.13. The van der Waals surface area contributed by atoms with Crippen molar-refractivity contribution in [2.24, 2.45) is 0 Å². The molecule has 1 amide bonds. The number of rotatable bonds is 4. The number of ether oxygens (including phenoxy) is 2. The van der Waals surface area contributed by atoms with E-state index in [0.717, 1.165) is 0 Å². The van der Waals surface area contributed by atoms with Gasteiger partial charge in [-0.25, -0.2) is 4.39 Å². The van der Waals surface area contributed by atoms with Gasteiger partial charge >= 0.3 is 0 Å². The monoisotopic (exact) mass is 329 g/mol. The summed E-state index contributed by atoms with van der Waals surface area (Å²) in [6.45, 7) is 1.71. The normalized spacial score (nSPS) is 10.7. The average molecular weight is 329 g/mol. The molecule has 5 nitrogen and oxygen atoms in total. The van der Waals surface area contributed by atoms with Gasteiger partial charge < -0.3 is 19.2 Å². The van der Waals surface area contributed by atoms with Crippen LogP contribution in [0.15, 0.2) is 40.8 Å². The molecule has 24 heavy (non-hydrogen) atoms. The first-order chi connectivity index (χ1) is 11.5. The van der Waals surface area contributed by atoms with Crippen molar-refractivity contribution in [1.82, 2.24) is 0 Å². The highest BCUT2D eigenvalue weighted by Crippen LogP contribution is 2.31. The molecular formula is C18H16FNO4. The maximum atomic E-state index is 13.8. The third kappa shape index (κ3) is 2.67. The molecule has 0 fully saturated rings. The summed E-state index contributed by atoms with van der Waals surface area (Å²) in [5.41, 5.74) is 1.07. The standard InChI is InChI=1S/C18H16FNO4/c1-10-12-5-4-6-13(19)17(12)24-16(10)18(21)20-14-9-11(22-2)7-8-15(14)23-3/h4-9H,1-3H3,(H,20,21). The van der Waals surface area contributed by atoms with Gasteiger partial charge in [-0.2, -0.15) is 0 Å². The Morgan fingerprint density at radius 3 is 2.62 bits per heavy atom. The molecule has 6 heteroatoms. The summed E-state index contributed by atoms with van der Waals surface area (Å²) in [5, 5.41) is 3.28. The van der Waals surface area contributed by atoms with Gasteiger partial charge in [0.15, 0.2) is 17.2 Å². The van der Waals surface area contributed by atoms with Gasteiger partial charge in [-0.1, -0.05) is 12.1 Å². The van der Waals surface area contributed by atoms with Crippen molar-refractivity contribution < 1.29 is 23.1 Å². The largest absolute Gasteiger partial charge is 0.497 e. The van der Waals surface area contributed by atoms with Crippen LogP contribution in [0, 0.1) is 12.7 Å². The van der Waals surface area contributed by atoms with Crippen LogP contribution < -0.4 is 14.8 Å². The van der Waals surface area contributed by atoms with Gasteiger partial charge in [-0.3, -0.25) is 4.79 Å². The number of carbonyl (C=O) groups excluding carboxylic acids is 1. The van der Waals surface area contributed by atoms with E-state index in [9.17, 15) is 9.18 Å². The van der Waals surface area contributed by atoms with E-state index in [-0.39, 0.29) is 11.3 Å². The number of halogens is 1. The molecule has 1 aromatic heterocycles. The van der Waals surface area contributed by atoms with E-state index in [4.69, 9.17) is 13.9 Å². The zero-order valence-electron chi connectivity index (χ0n) is 13.5. The average Bonchev–Trinajstić information content (AvgIpc) is 2.93. The van der Waals surface area contributed by atoms with Gasteiger partial charge in [-0.15, -0.1) is 0 Å². The summed E-state index contributed by atoms with van der Waals surface area (Å²) in [6, 6.07) is 9.61. The predicted octanol–water partition coefficient (Wildman–Crippen LogP) is 4.15. The van der Waals surface area contributed by atoms with Gasteiger partial charge in [-0.05, 0) is 25.1 Å². The van der Waals surface area contributed by atoms with Gasteiger partial charge in [0.25, 0.3) is 5.91 Å². The maximum absolute atomic E-state index is 13.8. The van der Waals surface area contributed by atoms with E-state index >= 15 is 0 Å².